The Balaban J connectivity index is 2.49. The molecule has 1 N–H and O–H groups in total. The van der Waals surface area contributed by atoms with Crippen molar-refractivity contribution in [3.8, 4) is 0 Å². The third-order valence-corrected chi connectivity index (χ3v) is 3.66. The fourth-order valence-electron chi connectivity index (χ4n) is 2.28. The summed E-state index contributed by atoms with van der Waals surface area (Å²) in [6.45, 7) is 4.64. The number of benzene rings is 2. The van der Waals surface area contributed by atoms with Crippen LogP contribution in [0.3, 0.4) is 0 Å². The first-order valence-electron chi connectivity index (χ1n) is 6.97. The predicted octanol–water partition coefficient (Wildman–Crippen LogP) is 5.02. The molecule has 0 aliphatic rings. The Morgan fingerprint density at radius 1 is 1.10 bits per heavy atom. The lowest BCUT2D eigenvalue weighted by Gasteiger charge is -2.21. The summed E-state index contributed by atoms with van der Waals surface area (Å²) in [7, 11) is 0. The molecule has 0 saturated carbocycles. The fourth-order valence-corrected chi connectivity index (χ4v) is 2.62. The number of rotatable bonds is 5. The van der Waals surface area contributed by atoms with Crippen molar-refractivity contribution in [2.45, 2.75) is 26.3 Å². The molecule has 1 atom stereocenters. The van der Waals surface area contributed by atoms with E-state index in [4.69, 9.17) is 11.6 Å². The molecule has 0 amide bonds. The average molecular weight is 310 g/mol. The van der Waals surface area contributed by atoms with Crippen LogP contribution >= 0.6 is 11.6 Å². The molecule has 21 heavy (non-hydrogen) atoms. The first-order chi connectivity index (χ1) is 10.0. The van der Waals surface area contributed by atoms with Crippen LogP contribution in [-0.2, 0) is 0 Å². The van der Waals surface area contributed by atoms with Crippen LogP contribution in [0.4, 0.5) is 8.78 Å². The van der Waals surface area contributed by atoms with Crippen molar-refractivity contribution in [1.82, 2.24) is 5.32 Å². The molecule has 0 saturated heterocycles. The van der Waals surface area contributed by atoms with Crippen LogP contribution in [0, 0.1) is 18.6 Å². The summed E-state index contributed by atoms with van der Waals surface area (Å²) in [5.74, 6) is -0.903. The van der Waals surface area contributed by atoms with E-state index in [0.717, 1.165) is 29.7 Å². The van der Waals surface area contributed by atoms with E-state index in [1.54, 1.807) is 0 Å². The van der Waals surface area contributed by atoms with E-state index in [-0.39, 0.29) is 5.56 Å². The maximum atomic E-state index is 14.1. The van der Waals surface area contributed by atoms with E-state index in [0.29, 0.717) is 11.6 Å². The minimum absolute atomic E-state index is 0.272. The van der Waals surface area contributed by atoms with Crippen LogP contribution in [0.25, 0.3) is 0 Å². The normalized spacial score (nSPS) is 12.4. The van der Waals surface area contributed by atoms with Gasteiger partial charge in [-0.25, -0.2) is 8.78 Å². The smallest absolute Gasteiger partial charge is 0.128 e. The lowest BCUT2D eigenvalue weighted by Crippen LogP contribution is -2.24. The van der Waals surface area contributed by atoms with Gasteiger partial charge in [0.1, 0.15) is 11.6 Å². The Kier molecular flexibility index (Phi) is 5.32. The van der Waals surface area contributed by atoms with Crippen molar-refractivity contribution < 1.29 is 8.78 Å². The van der Waals surface area contributed by atoms with E-state index >= 15 is 0 Å². The Labute approximate surface area is 128 Å². The van der Waals surface area contributed by atoms with Crippen LogP contribution in [0.5, 0.6) is 0 Å². The Hall–Kier alpha value is -1.45. The molecule has 112 valence electrons. The van der Waals surface area contributed by atoms with Gasteiger partial charge >= 0.3 is 0 Å². The fraction of sp³-hybridized carbons (Fsp3) is 0.294. The summed E-state index contributed by atoms with van der Waals surface area (Å²) >= 11 is 6.29. The Morgan fingerprint density at radius 3 is 2.52 bits per heavy atom. The first-order valence-corrected chi connectivity index (χ1v) is 7.35. The Bertz CT molecular complexity index is 628. The molecule has 0 fully saturated rings. The Morgan fingerprint density at radius 2 is 1.86 bits per heavy atom. The molecule has 2 aromatic rings. The SMILES string of the molecule is CCCNC(c1cc(F)ccc1F)c1ccc(C)cc1Cl. The standard InChI is InChI=1S/C17H18ClF2N/c1-3-8-21-17(13-6-4-11(2)9-15(13)18)14-10-12(19)5-7-16(14)20/h4-7,9-10,17,21H,3,8H2,1-2H3. The molecule has 0 bridgehead atoms. The van der Waals surface area contributed by atoms with Gasteiger partial charge in [-0.1, -0.05) is 30.7 Å². The topological polar surface area (TPSA) is 12.0 Å². The highest BCUT2D eigenvalue weighted by atomic mass is 35.5. The molecule has 4 heteroatoms. The van der Waals surface area contributed by atoms with E-state index in [9.17, 15) is 8.78 Å². The van der Waals surface area contributed by atoms with Crippen molar-refractivity contribution in [3.63, 3.8) is 0 Å². The van der Waals surface area contributed by atoms with Gasteiger partial charge in [0.05, 0.1) is 6.04 Å². The number of aryl methyl sites for hydroxylation is 1. The second kappa shape index (κ2) is 7.01. The lowest BCUT2D eigenvalue weighted by atomic mass is 9.97. The second-order valence-electron chi connectivity index (χ2n) is 5.08. The molecule has 0 aliphatic carbocycles. The van der Waals surface area contributed by atoms with Gasteiger partial charge in [-0.15, -0.1) is 0 Å². The molecule has 0 heterocycles. The summed E-state index contributed by atoms with van der Waals surface area (Å²) in [4.78, 5) is 0. The zero-order chi connectivity index (χ0) is 15.4. The number of nitrogens with one attached hydrogen (secondary N) is 1. The maximum absolute atomic E-state index is 14.1. The molecule has 2 aromatic carbocycles. The van der Waals surface area contributed by atoms with Gasteiger partial charge in [0.25, 0.3) is 0 Å². The van der Waals surface area contributed by atoms with Crippen LogP contribution in [-0.4, -0.2) is 6.54 Å². The van der Waals surface area contributed by atoms with Gasteiger partial charge < -0.3 is 5.32 Å². The van der Waals surface area contributed by atoms with Crippen LogP contribution in [0.2, 0.25) is 5.02 Å². The lowest BCUT2D eigenvalue weighted by molar-refractivity contribution is 0.535. The van der Waals surface area contributed by atoms with E-state index < -0.39 is 17.7 Å². The summed E-state index contributed by atoms with van der Waals surface area (Å²) in [5.41, 5.74) is 2.05. The molecular weight excluding hydrogens is 292 g/mol. The molecule has 1 unspecified atom stereocenters. The molecule has 0 aromatic heterocycles. The van der Waals surface area contributed by atoms with Gasteiger partial charge in [-0.05, 0) is 55.3 Å². The molecule has 1 nitrogen and oxygen atoms in total. The zero-order valence-electron chi connectivity index (χ0n) is 12.1. The monoisotopic (exact) mass is 309 g/mol. The summed E-state index contributed by atoms with van der Waals surface area (Å²) in [6, 6.07) is 8.62. The summed E-state index contributed by atoms with van der Waals surface area (Å²) < 4.78 is 27.6. The van der Waals surface area contributed by atoms with Crippen LogP contribution in [0.15, 0.2) is 36.4 Å². The average Bonchev–Trinajstić information content (AvgIpc) is 2.44. The minimum atomic E-state index is -0.464. The highest BCUT2D eigenvalue weighted by molar-refractivity contribution is 6.31. The summed E-state index contributed by atoms with van der Waals surface area (Å²) in [5, 5.41) is 3.79. The largest absolute Gasteiger partial charge is 0.306 e. The predicted molar refractivity (Wildman–Crippen MR) is 82.7 cm³/mol. The molecule has 2 rings (SSSR count). The van der Waals surface area contributed by atoms with Gasteiger partial charge in [0.15, 0.2) is 0 Å². The molecule has 0 aliphatic heterocycles. The van der Waals surface area contributed by atoms with E-state index in [1.165, 1.54) is 6.07 Å². The van der Waals surface area contributed by atoms with Crippen LogP contribution < -0.4 is 5.32 Å². The van der Waals surface area contributed by atoms with Crippen molar-refractivity contribution in [2.24, 2.45) is 0 Å². The van der Waals surface area contributed by atoms with Gasteiger partial charge in [-0.3, -0.25) is 0 Å². The quantitative estimate of drug-likeness (QED) is 0.818. The number of hydrogen-bond donors (Lipinski definition) is 1. The van der Waals surface area contributed by atoms with Gasteiger partial charge in [-0.2, -0.15) is 0 Å². The van der Waals surface area contributed by atoms with Gasteiger partial charge in [0.2, 0.25) is 0 Å². The summed E-state index contributed by atoms with van der Waals surface area (Å²) in [6.07, 6.45) is 0.886. The maximum Gasteiger partial charge on any atom is 0.128 e. The van der Waals surface area contributed by atoms with Crippen molar-refractivity contribution in [3.05, 3.63) is 69.7 Å². The van der Waals surface area contributed by atoms with Gasteiger partial charge in [0, 0.05) is 10.6 Å². The second-order valence-corrected chi connectivity index (χ2v) is 5.49. The molecule has 0 spiro atoms. The first kappa shape index (κ1) is 15.9. The zero-order valence-corrected chi connectivity index (χ0v) is 12.8. The number of hydrogen-bond acceptors (Lipinski definition) is 1. The van der Waals surface area contributed by atoms with Crippen LogP contribution in [0.1, 0.15) is 36.1 Å². The third-order valence-electron chi connectivity index (χ3n) is 3.33. The third kappa shape index (κ3) is 3.80. The van der Waals surface area contributed by atoms with Crippen molar-refractivity contribution >= 4 is 11.6 Å². The minimum Gasteiger partial charge on any atom is -0.306 e. The van der Waals surface area contributed by atoms with Crippen molar-refractivity contribution in [1.29, 1.82) is 0 Å². The highest BCUT2D eigenvalue weighted by Crippen LogP contribution is 2.31. The van der Waals surface area contributed by atoms with E-state index in [2.05, 4.69) is 5.32 Å². The molecule has 0 radical (unpaired) electrons. The van der Waals surface area contributed by atoms with E-state index in [1.807, 2.05) is 32.0 Å². The van der Waals surface area contributed by atoms with Crippen molar-refractivity contribution in [2.75, 3.05) is 6.54 Å². The molecular formula is C17H18ClF2N. The highest BCUT2D eigenvalue weighted by Gasteiger charge is 2.20. The number of halogens is 3.